The van der Waals surface area contributed by atoms with E-state index in [-0.39, 0.29) is 36.8 Å². The van der Waals surface area contributed by atoms with Crippen LogP contribution in [0, 0.1) is 0 Å². The van der Waals surface area contributed by atoms with Gasteiger partial charge in [0.2, 0.25) is 5.91 Å². The minimum absolute atomic E-state index is 0. The van der Waals surface area contributed by atoms with Gasteiger partial charge in [-0.1, -0.05) is 12.1 Å². The lowest BCUT2D eigenvalue weighted by Crippen LogP contribution is -2.36. The van der Waals surface area contributed by atoms with E-state index >= 15 is 0 Å². The van der Waals surface area contributed by atoms with Crippen LogP contribution >= 0.6 is 24.8 Å². The number of nitrogens with two attached hydrogens (primary N) is 1. The molecule has 2 N–H and O–H groups in total. The molecule has 1 heterocycles. The molecule has 126 valence electrons. The molecule has 0 aromatic heterocycles. The molecular formula is C15H25Cl2N3O2. The predicted octanol–water partition coefficient (Wildman–Crippen LogP) is 2.07. The van der Waals surface area contributed by atoms with Gasteiger partial charge in [0.15, 0.2) is 0 Å². The molecule has 0 spiro atoms. The van der Waals surface area contributed by atoms with Crippen molar-refractivity contribution in [3.05, 3.63) is 24.3 Å². The van der Waals surface area contributed by atoms with Crippen LogP contribution in [0.3, 0.4) is 0 Å². The summed E-state index contributed by atoms with van der Waals surface area (Å²) in [6.45, 7) is 2.05. The Morgan fingerprint density at radius 2 is 1.91 bits per heavy atom. The monoisotopic (exact) mass is 349 g/mol. The first-order valence-electron chi connectivity index (χ1n) is 7.00. The molecule has 7 heteroatoms. The number of fused-ring (bicyclic) bond motifs is 1. The summed E-state index contributed by atoms with van der Waals surface area (Å²) in [6, 6.07) is 8.02. The number of hydrogen-bond acceptors (Lipinski definition) is 4. The molecule has 22 heavy (non-hydrogen) atoms. The molecule has 0 bridgehead atoms. The topological polar surface area (TPSA) is 58.8 Å². The van der Waals surface area contributed by atoms with Gasteiger partial charge in [0.25, 0.3) is 0 Å². The zero-order chi connectivity index (χ0) is 14.5. The SMILES string of the molecule is COC(CN)CC(=O)N1CCCN(C)c2ccccc21.Cl.Cl. The van der Waals surface area contributed by atoms with E-state index in [2.05, 4.69) is 18.0 Å². The Kier molecular flexibility index (Phi) is 9.44. The van der Waals surface area contributed by atoms with Gasteiger partial charge in [-0.3, -0.25) is 4.79 Å². The first kappa shape index (κ1) is 21.0. The van der Waals surface area contributed by atoms with Crippen molar-refractivity contribution in [3.8, 4) is 0 Å². The molecule has 1 aromatic carbocycles. The maximum absolute atomic E-state index is 12.5. The van der Waals surface area contributed by atoms with E-state index in [1.807, 2.05) is 23.1 Å². The summed E-state index contributed by atoms with van der Waals surface area (Å²) in [7, 11) is 3.65. The number of hydrogen-bond donors (Lipinski definition) is 1. The summed E-state index contributed by atoms with van der Waals surface area (Å²) in [5.74, 6) is 0.0741. The molecule has 1 atom stereocenters. The van der Waals surface area contributed by atoms with Gasteiger partial charge in [-0.05, 0) is 18.6 Å². The van der Waals surface area contributed by atoms with Crippen LogP contribution in [0.4, 0.5) is 11.4 Å². The zero-order valence-corrected chi connectivity index (χ0v) is 14.7. The van der Waals surface area contributed by atoms with Crippen molar-refractivity contribution >= 4 is 42.1 Å². The van der Waals surface area contributed by atoms with Crippen molar-refractivity contribution in [2.45, 2.75) is 18.9 Å². The van der Waals surface area contributed by atoms with Crippen LogP contribution in [-0.4, -0.2) is 45.8 Å². The molecule has 5 nitrogen and oxygen atoms in total. The molecule has 2 rings (SSSR count). The van der Waals surface area contributed by atoms with Crippen LogP contribution < -0.4 is 15.5 Å². The van der Waals surface area contributed by atoms with Gasteiger partial charge in [-0.15, -0.1) is 24.8 Å². The van der Waals surface area contributed by atoms with Crippen molar-refractivity contribution in [2.75, 3.05) is 43.6 Å². The van der Waals surface area contributed by atoms with E-state index in [1.165, 1.54) is 0 Å². The number of nitrogens with zero attached hydrogens (tertiary/aromatic N) is 2. The molecule has 0 radical (unpaired) electrons. The Morgan fingerprint density at radius 3 is 2.50 bits per heavy atom. The fourth-order valence-electron chi connectivity index (χ4n) is 2.55. The number of para-hydroxylation sites is 2. The quantitative estimate of drug-likeness (QED) is 0.903. The number of carbonyl (C=O) groups excluding carboxylic acids is 1. The summed E-state index contributed by atoms with van der Waals surface area (Å²) in [5, 5.41) is 0. The summed E-state index contributed by atoms with van der Waals surface area (Å²) in [4.78, 5) is 16.6. The number of rotatable bonds is 4. The minimum Gasteiger partial charge on any atom is -0.380 e. The first-order valence-corrected chi connectivity index (χ1v) is 7.00. The maximum atomic E-state index is 12.5. The second-order valence-corrected chi connectivity index (χ2v) is 5.11. The van der Waals surface area contributed by atoms with E-state index in [0.717, 1.165) is 30.9 Å². The average Bonchev–Trinajstić information content (AvgIpc) is 2.64. The third kappa shape index (κ3) is 4.74. The first-order chi connectivity index (χ1) is 9.67. The molecular weight excluding hydrogens is 325 g/mol. The van der Waals surface area contributed by atoms with Crippen molar-refractivity contribution < 1.29 is 9.53 Å². The van der Waals surface area contributed by atoms with Gasteiger partial charge >= 0.3 is 0 Å². The largest absolute Gasteiger partial charge is 0.380 e. The Balaban J connectivity index is 0.00000220. The van der Waals surface area contributed by atoms with Crippen molar-refractivity contribution in [3.63, 3.8) is 0 Å². The second-order valence-electron chi connectivity index (χ2n) is 5.11. The molecule has 0 fully saturated rings. The van der Waals surface area contributed by atoms with Crippen LogP contribution in [-0.2, 0) is 9.53 Å². The highest BCUT2D eigenvalue weighted by molar-refractivity contribution is 5.97. The summed E-state index contributed by atoms with van der Waals surface area (Å²) in [5.41, 5.74) is 7.68. The maximum Gasteiger partial charge on any atom is 0.229 e. The normalized spacial score (nSPS) is 15.0. The minimum atomic E-state index is -0.212. The van der Waals surface area contributed by atoms with Crippen LogP contribution in [0.2, 0.25) is 0 Å². The Bertz CT molecular complexity index is 470. The smallest absolute Gasteiger partial charge is 0.229 e. The van der Waals surface area contributed by atoms with E-state index in [1.54, 1.807) is 7.11 Å². The Morgan fingerprint density at radius 1 is 1.27 bits per heavy atom. The number of carbonyl (C=O) groups is 1. The molecule has 0 saturated heterocycles. The number of amides is 1. The lowest BCUT2D eigenvalue weighted by atomic mass is 10.2. The van der Waals surface area contributed by atoms with Gasteiger partial charge in [-0.25, -0.2) is 0 Å². The lowest BCUT2D eigenvalue weighted by Gasteiger charge is -2.25. The molecule has 0 aliphatic carbocycles. The highest BCUT2D eigenvalue weighted by Gasteiger charge is 2.24. The molecule has 0 saturated carbocycles. The van der Waals surface area contributed by atoms with Crippen molar-refractivity contribution in [1.82, 2.24) is 0 Å². The van der Waals surface area contributed by atoms with Crippen LogP contribution in [0.5, 0.6) is 0 Å². The van der Waals surface area contributed by atoms with Crippen molar-refractivity contribution in [2.24, 2.45) is 5.73 Å². The Hall–Kier alpha value is -1.01. The van der Waals surface area contributed by atoms with Gasteiger partial charge in [0.05, 0.1) is 23.9 Å². The number of benzene rings is 1. The average molecular weight is 350 g/mol. The lowest BCUT2D eigenvalue weighted by molar-refractivity contribution is -0.120. The second kappa shape index (κ2) is 9.90. The van der Waals surface area contributed by atoms with Crippen LogP contribution in [0.15, 0.2) is 24.3 Å². The molecule has 1 amide bonds. The Labute approximate surface area is 144 Å². The summed E-state index contributed by atoms with van der Waals surface area (Å²) >= 11 is 0. The van der Waals surface area contributed by atoms with Crippen LogP contribution in [0.25, 0.3) is 0 Å². The highest BCUT2D eigenvalue weighted by Crippen LogP contribution is 2.31. The summed E-state index contributed by atoms with van der Waals surface area (Å²) in [6.07, 6.45) is 1.07. The zero-order valence-electron chi connectivity index (χ0n) is 13.0. The van der Waals surface area contributed by atoms with Gasteiger partial charge in [0, 0.05) is 33.8 Å². The van der Waals surface area contributed by atoms with Gasteiger partial charge in [-0.2, -0.15) is 0 Å². The number of ether oxygens (including phenoxy) is 1. The van der Waals surface area contributed by atoms with Gasteiger partial charge < -0.3 is 20.3 Å². The summed E-state index contributed by atoms with van der Waals surface area (Å²) < 4.78 is 5.22. The van der Waals surface area contributed by atoms with Crippen LogP contribution in [0.1, 0.15) is 12.8 Å². The number of anilines is 2. The van der Waals surface area contributed by atoms with Crippen molar-refractivity contribution in [1.29, 1.82) is 0 Å². The molecule has 1 unspecified atom stereocenters. The fraction of sp³-hybridized carbons (Fsp3) is 0.533. The predicted molar refractivity (Wildman–Crippen MR) is 95.6 cm³/mol. The standard InChI is InChI=1S/C15H23N3O2.2ClH/c1-17-8-5-9-18(14-7-4-3-6-13(14)17)15(19)10-12(11-16)20-2;;/h3-4,6-7,12H,5,8-11,16H2,1-2H3;2*1H. The third-order valence-corrected chi connectivity index (χ3v) is 3.76. The van der Waals surface area contributed by atoms with E-state index in [4.69, 9.17) is 10.5 Å². The van der Waals surface area contributed by atoms with E-state index in [9.17, 15) is 4.79 Å². The highest BCUT2D eigenvalue weighted by atomic mass is 35.5. The third-order valence-electron chi connectivity index (χ3n) is 3.76. The molecule has 1 aliphatic heterocycles. The van der Waals surface area contributed by atoms with Gasteiger partial charge in [0.1, 0.15) is 0 Å². The number of halogens is 2. The van der Waals surface area contributed by atoms with E-state index < -0.39 is 0 Å². The molecule has 1 aliphatic rings. The van der Waals surface area contributed by atoms with E-state index in [0.29, 0.717) is 13.0 Å². The molecule has 1 aromatic rings. The fourth-order valence-corrected chi connectivity index (χ4v) is 2.55. The number of methoxy groups -OCH3 is 1.